The minimum Gasteiger partial charge on any atom is -0.506 e. The molecule has 2 N–H and O–H groups in total. The summed E-state index contributed by atoms with van der Waals surface area (Å²) in [6.07, 6.45) is 1.86. The number of anilines is 1. The van der Waals surface area contributed by atoms with Gasteiger partial charge in [-0.3, -0.25) is 4.79 Å². The Labute approximate surface area is 130 Å². The van der Waals surface area contributed by atoms with Crippen LogP contribution in [0.25, 0.3) is 0 Å². The lowest BCUT2D eigenvalue weighted by atomic mass is 10.3. The number of carbonyl (C=O) groups is 1. The molecule has 4 nitrogen and oxygen atoms in total. The van der Waals surface area contributed by atoms with E-state index in [1.54, 1.807) is 12.1 Å². The maximum Gasteiger partial charge on any atom is 0.272 e. The van der Waals surface area contributed by atoms with E-state index < -0.39 is 0 Å². The molecule has 0 radical (unpaired) electrons. The Morgan fingerprint density at radius 2 is 2.10 bits per heavy atom. The van der Waals surface area contributed by atoms with Crippen molar-refractivity contribution in [2.45, 2.75) is 19.9 Å². The molecule has 2 rings (SSSR count). The van der Waals surface area contributed by atoms with E-state index in [0.29, 0.717) is 11.4 Å². The highest BCUT2D eigenvalue weighted by molar-refractivity contribution is 9.10. The molecule has 0 aliphatic rings. The number of hydrogen-bond donors (Lipinski definition) is 2. The first-order valence-corrected chi connectivity index (χ1v) is 7.23. The molecule has 0 bridgehead atoms. The SMILES string of the molecule is CC(C)n1cc(Br)cc1C(=O)Nc1ccc(O)c(Cl)c1. The van der Waals surface area contributed by atoms with Gasteiger partial charge >= 0.3 is 0 Å². The lowest BCUT2D eigenvalue weighted by Gasteiger charge is -2.13. The molecule has 1 amide bonds. The van der Waals surface area contributed by atoms with Crippen LogP contribution in [0.3, 0.4) is 0 Å². The average Bonchev–Trinajstić information content (AvgIpc) is 2.76. The highest BCUT2D eigenvalue weighted by Gasteiger charge is 2.15. The van der Waals surface area contributed by atoms with Crippen LogP contribution in [0, 0.1) is 0 Å². The summed E-state index contributed by atoms with van der Waals surface area (Å²) in [5.41, 5.74) is 1.08. The van der Waals surface area contributed by atoms with Crippen LogP contribution in [-0.4, -0.2) is 15.6 Å². The van der Waals surface area contributed by atoms with Gasteiger partial charge in [-0.1, -0.05) is 11.6 Å². The van der Waals surface area contributed by atoms with Gasteiger partial charge < -0.3 is 15.0 Å². The first-order valence-electron chi connectivity index (χ1n) is 6.05. The van der Waals surface area contributed by atoms with E-state index in [0.717, 1.165) is 4.47 Å². The van der Waals surface area contributed by atoms with Crippen LogP contribution < -0.4 is 5.32 Å². The molecule has 2 aromatic rings. The molecular formula is C14H14BrClN2O2. The Balaban J connectivity index is 2.26. The van der Waals surface area contributed by atoms with E-state index >= 15 is 0 Å². The number of phenols is 1. The molecular weight excluding hydrogens is 344 g/mol. The van der Waals surface area contributed by atoms with Gasteiger partial charge in [0.1, 0.15) is 11.4 Å². The highest BCUT2D eigenvalue weighted by atomic mass is 79.9. The number of carbonyl (C=O) groups excluding carboxylic acids is 1. The number of aromatic nitrogens is 1. The van der Waals surface area contributed by atoms with Crippen LogP contribution in [0.15, 0.2) is 34.9 Å². The first kappa shape index (κ1) is 14.9. The number of amides is 1. The average molecular weight is 358 g/mol. The molecule has 0 spiro atoms. The van der Waals surface area contributed by atoms with Gasteiger partial charge in [-0.2, -0.15) is 0 Å². The van der Waals surface area contributed by atoms with Crippen molar-refractivity contribution in [1.29, 1.82) is 0 Å². The third kappa shape index (κ3) is 3.16. The molecule has 0 fully saturated rings. The summed E-state index contributed by atoms with van der Waals surface area (Å²) in [7, 11) is 0. The number of benzene rings is 1. The standard InChI is InChI=1S/C14H14BrClN2O2/c1-8(2)18-7-9(15)5-12(18)14(20)17-10-3-4-13(19)11(16)6-10/h3-8,19H,1-2H3,(H,17,20). The zero-order chi connectivity index (χ0) is 14.9. The molecule has 1 aromatic heterocycles. The molecule has 20 heavy (non-hydrogen) atoms. The summed E-state index contributed by atoms with van der Waals surface area (Å²) in [6, 6.07) is 6.47. The number of halogens is 2. The van der Waals surface area contributed by atoms with Crippen molar-refractivity contribution in [3.8, 4) is 5.75 Å². The van der Waals surface area contributed by atoms with Crippen molar-refractivity contribution in [3.05, 3.63) is 45.7 Å². The number of phenolic OH excluding ortho intramolecular Hbond substituents is 1. The van der Waals surface area contributed by atoms with E-state index in [1.165, 1.54) is 12.1 Å². The first-order chi connectivity index (χ1) is 9.38. The summed E-state index contributed by atoms with van der Waals surface area (Å²) in [4.78, 5) is 12.3. The highest BCUT2D eigenvalue weighted by Crippen LogP contribution is 2.27. The second kappa shape index (κ2) is 5.89. The van der Waals surface area contributed by atoms with Crippen molar-refractivity contribution >= 4 is 39.1 Å². The molecule has 0 saturated heterocycles. The largest absolute Gasteiger partial charge is 0.506 e. The van der Waals surface area contributed by atoms with E-state index in [9.17, 15) is 9.90 Å². The van der Waals surface area contributed by atoms with Gasteiger partial charge in [0.25, 0.3) is 5.91 Å². The van der Waals surface area contributed by atoms with E-state index in [2.05, 4.69) is 21.2 Å². The Morgan fingerprint density at radius 3 is 2.70 bits per heavy atom. The summed E-state index contributed by atoms with van der Waals surface area (Å²) >= 11 is 9.19. The molecule has 0 aliphatic carbocycles. The third-order valence-corrected chi connectivity index (χ3v) is 3.55. The summed E-state index contributed by atoms with van der Waals surface area (Å²) in [5, 5.41) is 12.3. The predicted molar refractivity (Wildman–Crippen MR) is 83.6 cm³/mol. The zero-order valence-electron chi connectivity index (χ0n) is 11.0. The van der Waals surface area contributed by atoms with Crippen LogP contribution in [0.4, 0.5) is 5.69 Å². The summed E-state index contributed by atoms with van der Waals surface area (Å²) < 4.78 is 2.72. The molecule has 1 aromatic carbocycles. The number of hydrogen-bond acceptors (Lipinski definition) is 2. The van der Waals surface area contributed by atoms with Crippen molar-refractivity contribution < 1.29 is 9.90 Å². The normalized spacial score (nSPS) is 10.8. The topological polar surface area (TPSA) is 54.3 Å². The Hall–Kier alpha value is -1.46. The monoisotopic (exact) mass is 356 g/mol. The molecule has 1 heterocycles. The minimum absolute atomic E-state index is 0.0158. The molecule has 0 unspecified atom stereocenters. The summed E-state index contributed by atoms with van der Waals surface area (Å²) in [5.74, 6) is -0.246. The Kier molecular flexibility index (Phi) is 4.40. The fraction of sp³-hybridized carbons (Fsp3) is 0.214. The maximum absolute atomic E-state index is 12.3. The maximum atomic E-state index is 12.3. The van der Waals surface area contributed by atoms with E-state index in [-0.39, 0.29) is 22.7 Å². The van der Waals surface area contributed by atoms with Crippen LogP contribution in [0.1, 0.15) is 30.4 Å². The quantitative estimate of drug-likeness (QED) is 0.798. The Bertz CT molecular complexity index is 653. The van der Waals surface area contributed by atoms with Gasteiger partial charge in [-0.15, -0.1) is 0 Å². The van der Waals surface area contributed by atoms with E-state index in [4.69, 9.17) is 11.6 Å². The number of nitrogens with zero attached hydrogens (tertiary/aromatic N) is 1. The van der Waals surface area contributed by atoms with Gasteiger partial charge in [-0.05, 0) is 54.0 Å². The predicted octanol–water partition coefficient (Wildman–Crippen LogP) is 4.44. The number of nitrogens with one attached hydrogen (secondary N) is 1. The van der Waals surface area contributed by atoms with Gasteiger partial charge in [0.2, 0.25) is 0 Å². The van der Waals surface area contributed by atoms with Crippen LogP contribution in [0.2, 0.25) is 5.02 Å². The third-order valence-electron chi connectivity index (χ3n) is 2.81. The van der Waals surface area contributed by atoms with Crippen LogP contribution in [-0.2, 0) is 0 Å². The molecule has 106 valence electrons. The molecule has 0 saturated carbocycles. The number of aromatic hydroxyl groups is 1. The van der Waals surface area contributed by atoms with Gasteiger partial charge in [0.15, 0.2) is 0 Å². The lowest BCUT2D eigenvalue weighted by Crippen LogP contribution is -2.17. The molecule has 0 aliphatic heterocycles. The number of rotatable bonds is 3. The van der Waals surface area contributed by atoms with Crippen LogP contribution >= 0.6 is 27.5 Å². The fourth-order valence-electron chi connectivity index (χ4n) is 1.83. The van der Waals surface area contributed by atoms with E-state index in [1.807, 2.05) is 24.6 Å². The van der Waals surface area contributed by atoms with Crippen molar-refractivity contribution in [2.75, 3.05) is 5.32 Å². The Morgan fingerprint density at radius 1 is 1.40 bits per heavy atom. The van der Waals surface area contributed by atoms with Gasteiger partial charge in [0, 0.05) is 22.4 Å². The van der Waals surface area contributed by atoms with Crippen LogP contribution in [0.5, 0.6) is 5.75 Å². The lowest BCUT2D eigenvalue weighted by molar-refractivity contribution is 0.101. The second-order valence-corrected chi connectivity index (χ2v) is 5.99. The van der Waals surface area contributed by atoms with Gasteiger partial charge in [0.05, 0.1) is 5.02 Å². The molecule has 6 heteroatoms. The zero-order valence-corrected chi connectivity index (χ0v) is 13.4. The van der Waals surface area contributed by atoms with Crippen molar-refractivity contribution in [2.24, 2.45) is 0 Å². The van der Waals surface area contributed by atoms with Crippen molar-refractivity contribution in [3.63, 3.8) is 0 Å². The minimum atomic E-state index is -0.230. The smallest absolute Gasteiger partial charge is 0.272 e. The van der Waals surface area contributed by atoms with Gasteiger partial charge in [-0.25, -0.2) is 0 Å². The summed E-state index contributed by atoms with van der Waals surface area (Å²) in [6.45, 7) is 4.00. The fourth-order valence-corrected chi connectivity index (χ4v) is 2.45. The second-order valence-electron chi connectivity index (χ2n) is 4.66. The molecule has 0 atom stereocenters. The van der Waals surface area contributed by atoms with Crippen molar-refractivity contribution in [1.82, 2.24) is 4.57 Å².